The molecule has 0 saturated heterocycles. The smallest absolute Gasteiger partial charge is 0.160 e. The Morgan fingerprint density at radius 2 is 2.16 bits per heavy atom. The molecule has 0 spiro atoms. The topological polar surface area (TPSA) is 46.5 Å². The molecule has 0 aromatic heterocycles. The normalized spacial score (nSPS) is 10.8. The highest BCUT2D eigenvalue weighted by atomic mass is 16.5. The number of unbranched alkanes of at least 4 members (excludes halogenated alkanes) is 2. The van der Waals surface area contributed by atoms with Gasteiger partial charge in [0, 0.05) is 6.42 Å². The minimum Gasteiger partial charge on any atom is -0.504 e. The first-order chi connectivity index (χ1) is 9.17. The molecule has 0 aliphatic carbocycles. The molecule has 1 aromatic carbocycles. The first-order valence-corrected chi connectivity index (χ1v) is 6.72. The van der Waals surface area contributed by atoms with E-state index in [9.17, 15) is 9.90 Å². The molecule has 104 valence electrons. The summed E-state index contributed by atoms with van der Waals surface area (Å²) in [6.07, 6.45) is 8.00. The molecule has 0 radical (unpaired) electrons. The Bertz CT molecular complexity index is 436. The van der Waals surface area contributed by atoms with E-state index in [2.05, 4.69) is 6.92 Å². The quantitative estimate of drug-likeness (QED) is 0.574. The summed E-state index contributed by atoms with van der Waals surface area (Å²) in [5, 5.41) is 9.47. The molecule has 0 saturated carbocycles. The molecule has 1 N–H and O–H groups in total. The molecule has 0 fully saturated rings. The summed E-state index contributed by atoms with van der Waals surface area (Å²) in [7, 11) is 1.52. The lowest BCUT2D eigenvalue weighted by molar-refractivity contribution is -0.114. The van der Waals surface area contributed by atoms with E-state index in [0.717, 1.165) is 24.8 Å². The van der Waals surface area contributed by atoms with Gasteiger partial charge in [0.2, 0.25) is 0 Å². The zero-order chi connectivity index (χ0) is 14.1. The molecule has 1 rings (SSSR count). The molecule has 0 aliphatic rings. The van der Waals surface area contributed by atoms with Crippen LogP contribution in [0.2, 0.25) is 0 Å². The fraction of sp³-hybridized carbons (Fsp3) is 0.438. The Kier molecular flexibility index (Phi) is 6.72. The summed E-state index contributed by atoms with van der Waals surface area (Å²) in [6.45, 7) is 2.12. The molecule has 1 aromatic rings. The van der Waals surface area contributed by atoms with Crippen LogP contribution in [0.5, 0.6) is 11.5 Å². The van der Waals surface area contributed by atoms with Crippen LogP contribution >= 0.6 is 0 Å². The van der Waals surface area contributed by atoms with Crippen LogP contribution in [0.1, 0.15) is 38.2 Å². The monoisotopic (exact) mass is 262 g/mol. The van der Waals surface area contributed by atoms with Gasteiger partial charge in [-0.2, -0.15) is 0 Å². The largest absolute Gasteiger partial charge is 0.504 e. The lowest BCUT2D eigenvalue weighted by Crippen LogP contribution is -1.93. The van der Waals surface area contributed by atoms with E-state index in [1.165, 1.54) is 7.11 Å². The number of aromatic hydroxyl groups is 1. The zero-order valence-electron chi connectivity index (χ0n) is 11.7. The van der Waals surface area contributed by atoms with Crippen molar-refractivity contribution >= 4 is 5.78 Å². The number of hydrogen-bond donors (Lipinski definition) is 1. The first-order valence-electron chi connectivity index (χ1n) is 6.72. The number of allylic oxidation sites excluding steroid dienone is 2. The molecule has 0 heterocycles. The summed E-state index contributed by atoms with van der Waals surface area (Å²) in [6, 6.07) is 5.20. The van der Waals surface area contributed by atoms with Crippen LogP contribution in [0, 0.1) is 0 Å². The maximum atomic E-state index is 11.5. The van der Waals surface area contributed by atoms with Crippen molar-refractivity contribution in [2.45, 2.75) is 39.0 Å². The Morgan fingerprint density at radius 3 is 2.84 bits per heavy atom. The Morgan fingerprint density at radius 1 is 1.37 bits per heavy atom. The van der Waals surface area contributed by atoms with Crippen molar-refractivity contribution in [3.8, 4) is 11.5 Å². The van der Waals surface area contributed by atoms with Crippen LogP contribution in [0.4, 0.5) is 0 Å². The summed E-state index contributed by atoms with van der Waals surface area (Å²) < 4.78 is 5.04. The van der Waals surface area contributed by atoms with Gasteiger partial charge in [0.25, 0.3) is 0 Å². The predicted molar refractivity (Wildman–Crippen MR) is 76.7 cm³/mol. The third-order valence-corrected chi connectivity index (χ3v) is 2.93. The molecular weight excluding hydrogens is 240 g/mol. The van der Waals surface area contributed by atoms with Gasteiger partial charge in [-0.25, -0.2) is 0 Å². The van der Waals surface area contributed by atoms with Crippen LogP contribution in [-0.2, 0) is 11.2 Å². The number of rotatable bonds is 8. The van der Waals surface area contributed by atoms with Crippen molar-refractivity contribution in [3.63, 3.8) is 0 Å². The average molecular weight is 262 g/mol. The van der Waals surface area contributed by atoms with Crippen molar-refractivity contribution in [2.75, 3.05) is 7.11 Å². The number of ether oxygens (including phenoxy) is 1. The third kappa shape index (κ3) is 5.60. The maximum absolute atomic E-state index is 11.5. The van der Waals surface area contributed by atoms with Crippen LogP contribution in [-0.4, -0.2) is 18.0 Å². The average Bonchev–Trinajstić information content (AvgIpc) is 2.41. The van der Waals surface area contributed by atoms with Crippen LogP contribution in [0.3, 0.4) is 0 Å². The number of hydrogen-bond acceptors (Lipinski definition) is 3. The van der Waals surface area contributed by atoms with E-state index < -0.39 is 0 Å². The summed E-state index contributed by atoms with van der Waals surface area (Å²) in [5.41, 5.74) is 1.01. The maximum Gasteiger partial charge on any atom is 0.160 e. The summed E-state index contributed by atoms with van der Waals surface area (Å²) >= 11 is 0. The van der Waals surface area contributed by atoms with Gasteiger partial charge in [0.15, 0.2) is 17.3 Å². The fourth-order valence-electron chi connectivity index (χ4n) is 1.81. The predicted octanol–water partition coefficient (Wildman–Crippen LogP) is 3.65. The van der Waals surface area contributed by atoms with Crippen LogP contribution < -0.4 is 4.74 Å². The van der Waals surface area contributed by atoms with E-state index >= 15 is 0 Å². The fourth-order valence-corrected chi connectivity index (χ4v) is 1.81. The molecular formula is C16H22O3. The van der Waals surface area contributed by atoms with E-state index in [4.69, 9.17) is 4.74 Å². The van der Waals surface area contributed by atoms with Crippen LogP contribution in [0.25, 0.3) is 0 Å². The Hall–Kier alpha value is -1.77. The van der Waals surface area contributed by atoms with Gasteiger partial charge >= 0.3 is 0 Å². The zero-order valence-corrected chi connectivity index (χ0v) is 11.7. The second-order valence-electron chi connectivity index (χ2n) is 4.54. The van der Waals surface area contributed by atoms with Gasteiger partial charge in [-0.15, -0.1) is 0 Å². The third-order valence-electron chi connectivity index (χ3n) is 2.93. The van der Waals surface area contributed by atoms with Gasteiger partial charge in [-0.1, -0.05) is 31.9 Å². The van der Waals surface area contributed by atoms with Gasteiger partial charge in [0.1, 0.15) is 0 Å². The molecule has 0 unspecified atom stereocenters. The second-order valence-corrected chi connectivity index (χ2v) is 4.54. The van der Waals surface area contributed by atoms with E-state index in [1.54, 1.807) is 18.2 Å². The van der Waals surface area contributed by atoms with E-state index in [0.29, 0.717) is 18.6 Å². The lowest BCUT2D eigenvalue weighted by atomic mass is 10.1. The highest BCUT2D eigenvalue weighted by Crippen LogP contribution is 2.26. The number of carbonyl (C=O) groups excluding carboxylic acids is 1. The number of ketones is 1. The molecule has 0 amide bonds. The summed E-state index contributed by atoms with van der Waals surface area (Å²) in [5.74, 6) is 0.769. The molecule has 19 heavy (non-hydrogen) atoms. The number of phenolic OH excluding ortho intramolecular Hbond substituents is 1. The molecule has 3 nitrogen and oxygen atoms in total. The lowest BCUT2D eigenvalue weighted by Gasteiger charge is -2.04. The summed E-state index contributed by atoms with van der Waals surface area (Å²) in [4.78, 5) is 11.5. The van der Waals surface area contributed by atoms with Crippen molar-refractivity contribution in [1.29, 1.82) is 0 Å². The standard InChI is InChI=1S/C16H22O3/c1-3-4-5-8-14(17)9-6-7-13-10-11-15(18)16(12-13)19-2/h6,9-12,18H,3-5,7-8H2,1-2H3. The molecule has 3 heteroatoms. The van der Waals surface area contributed by atoms with Crippen molar-refractivity contribution in [3.05, 3.63) is 35.9 Å². The SMILES string of the molecule is CCCCCC(=O)C=CCc1ccc(O)c(OC)c1. The van der Waals surface area contributed by atoms with Crippen molar-refractivity contribution in [1.82, 2.24) is 0 Å². The van der Waals surface area contributed by atoms with Crippen molar-refractivity contribution in [2.24, 2.45) is 0 Å². The minimum atomic E-state index is 0.130. The van der Waals surface area contributed by atoms with E-state index in [-0.39, 0.29) is 11.5 Å². The number of phenols is 1. The minimum absolute atomic E-state index is 0.130. The number of benzene rings is 1. The molecule has 0 aliphatic heterocycles. The van der Waals surface area contributed by atoms with Crippen molar-refractivity contribution < 1.29 is 14.6 Å². The molecule has 0 bridgehead atoms. The van der Waals surface area contributed by atoms with Gasteiger partial charge < -0.3 is 9.84 Å². The first kappa shape index (κ1) is 15.3. The highest BCUT2D eigenvalue weighted by Gasteiger charge is 2.01. The highest BCUT2D eigenvalue weighted by molar-refractivity contribution is 5.89. The molecule has 0 atom stereocenters. The van der Waals surface area contributed by atoms with Crippen LogP contribution in [0.15, 0.2) is 30.4 Å². The van der Waals surface area contributed by atoms with Gasteiger partial charge in [-0.05, 0) is 36.6 Å². The van der Waals surface area contributed by atoms with Gasteiger partial charge in [-0.3, -0.25) is 4.79 Å². The number of carbonyl (C=O) groups is 1. The Balaban J connectivity index is 2.45. The number of methoxy groups -OCH3 is 1. The van der Waals surface area contributed by atoms with Gasteiger partial charge in [0.05, 0.1) is 7.11 Å². The Labute approximate surface area is 114 Å². The second kappa shape index (κ2) is 8.35. The van der Waals surface area contributed by atoms with E-state index in [1.807, 2.05) is 12.1 Å².